The van der Waals surface area contributed by atoms with Crippen molar-refractivity contribution >= 4 is 17.5 Å². The molecule has 0 bridgehead atoms. The highest BCUT2D eigenvalue weighted by atomic mass is 16.2. The van der Waals surface area contributed by atoms with Gasteiger partial charge in [-0.15, -0.1) is 0 Å². The fourth-order valence-electron chi connectivity index (χ4n) is 2.83. The number of nitrogens with zero attached hydrogens (tertiary/aromatic N) is 3. The molecule has 22 heavy (non-hydrogen) atoms. The zero-order valence-corrected chi connectivity index (χ0v) is 12.9. The third-order valence-corrected chi connectivity index (χ3v) is 4.21. The van der Waals surface area contributed by atoms with Crippen molar-refractivity contribution < 1.29 is 4.79 Å². The van der Waals surface area contributed by atoms with Gasteiger partial charge in [-0.25, -0.2) is 9.97 Å². The van der Waals surface area contributed by atoms with E-state index in [2.05, 4.69) is 29.1 Å². The summed E-state index contributed by atoms with van der Waals surface area (Å²) in [4.78, 5) is 23.5. The first kappa shape index (κ1) is 14.5. The van der Waals surface area contributed by atoms with Crippen molar-refractivity contribution in [2.75, 3.05) is 10.2 Å². The maximum Gasteiger partial charge on any atom is 0.247 e. The van der Waals surface area contributed by atoms with Gasteiger partial charge in [0.1, 0.15) is 6.04 Å². The van der Waals surface area contributed by atoms with E-state index in [0.717, 1.165) is 17.7 Å². The Hall–Kier alpha value is -2.43. The van der Waals surface area contributed by atoms with Crippen LogP contribution in [0.15, 0.2) is 42.7 Å². The van der Waals surface area contributed by atoms with Crippen LogP contribution in [0.1, 0.15) is 25.8 Å². The van der Waals surface area contributed by atoms with Crippen molar-refractivity contribution in [1.82, 2.24) is 9.97 Å². The van der Waals surface area contributed by atoms with Gasteiger partial charge in [0.2, 0.25) is 11.9 Å². The first-order valence-electron chi connectivity index (χ1n) is 7.63. The summed E-state index contributed by atoms with van der Waals surface area (Å²) in [5.74, 6) is 0.810. The fourth-order valence-corrected chi connectivity index (χ4v) is 2.83. The lowest BCUT2D eigenvalue weighted by Crippen LogP contribution is -2.46. The minimum Gasteiger partial charge on any atom is -0.324 e. The Labute approximate surface area is 130 Å². The topological polar surface area (TPSA) is 58.1 Å². The minimum atomic E-state index is -0.278. The molecule has 1 amide bonds. The van der Waals surface area contributed by atoms with Crippen LogP contribution in [0.3, 0.4) is 0 Å². The number of hydrogen-bond donors (Lipinski definition) is 1. The number of carbonyl (C=O) groups excluding carboxylic acids is 1. The lowest BCUT2D eigenvalue weighted by atomic mass is 9.97. The molecule has 2 heterocycles. The van der Waals surface area contributed by atoms with E-state index in [-0.39, 0.29) is 17.9 Å². The van der Waals surface area contributed by atoms with Crippen molar-refractivity contribution in [3.05, 3.63) is 48.3 Å². The lowest BCUT2D eigenvalue weighted by Gasteiger charge is -2.32. The summed E-state index contributed by atoms with van der Waals surface area (Å²) in [6.07, 6.45) is 4.34. The summed E-state index contributed by atoms with van der Waals surface area (Å²) < 4.78 is 0. The molecule has 0 fully saturated rings. The molecule has 1 aromatic heterocycles. The molecule has 2 atom stereocenters. The van der Waals surface area contributed by atoms with E-state index in [1.165, 1.54) is 0 Å². The van der Waals surface area contributed by atoms with Crippen LogP contribution in [-0.2, 0) is 11.3 Å². The zero-order valence-electron chi connectivity index (χ0n) is 12.9. The van der Waals surface area contributed by atoms with Crippen molar-refractivity contribution in [3.63, 3.8) is 0 Å². The summed E-state index contributed by atoms with van der Waals surface area (Å²) in [6.45, 7) is 4.81. The van der Waals surface area contributed by atoms with Crippen LogP contribution in [0, 0.1) is 5.92 Å². The zero-order chi connectivity index (χ0) is 15.5. The summed E-state index contributed by atoms with van der Waals surface area (Å²) >= 11 is 0. The van der Waals surface area contributed by atoms with Crippen molar-refractivity contribution in [2.24, 2.45) is 5.92 Å². The summed E-state index contributed by atoms with van der Waals surface area (Å²) in [7, 11) is 0. The predicted molar refractivity (Wildman–Crippen MR) is 86.5 cm³/mol. The molecule has 0 saturated carbocycles. The maximum absolute atomic E-state index is 12.8. The molecular weight excluding hydrogens is 276 g/mol. The molecule has 1 aromatic carbocycles. The number of anilines is 2. The summed E-state index contributed by atoms with van der Waals surface area (Å²) in [5, 5.41) is 3.05. The maximum atomic E-state index is 12.8. The SMILES string of the molecule is CC[C@H](C)[C@H]1C(=O)Nc2ccccc2CN1c1ncccn1. The molecule has 5 nitrogen and oxygen atoms in total. The van der Waals surface area contributed by atoms with E-state index in [4.69, 9.17) is 0 Å². The molecule has 5 heteroatoms. The van der Waals surface area contributed by atoms with Gasteiger partial charge in [-0.2, -0.15) is 0 Å². The molecule has 2 aromatic rings. The predicted octanol–water partition coefficient (Wildman–Crippen LogP) is 2.85. The Kier molecular flexibility index (Phi) is 4.04. The molecule has 0 unspecified atom stereocenters. The van der Waals surface area contributed by atoms with Crippen LogP contribution in [0.25, 0.3) is 0 Å². The lowest BCUT2D eigenvalue weighted by molar-refractivity contribution is -0.118. The second-order valence-corrected chi connectivity index (χ2v) is 5.65. The number of fused-ring (bicyclic) bond motifs is 1. The number of aromatic nitrogens is 2. The Morgan fingerprint density at radius 2 is 2.00 bits per heavy atom. The molecule has 0 saturated heterocycles. The van der Waals surface area contributed by atoms with Crippen molar-refractivity contribution in [2.45, 2.75) is 32.9 Å². The second-order valence-electron chi connectivity index (χ2n) is 5.65. The standard InChI is InChI=1S/C17H20N4O/c1-3-12(2)15-16(22)20-14-8-5-4-7-13(14)11-21(15)17-18-9-6-10-19-17/h4-10,12,15H,3,11H2,1-2H3,(H,20,22)/t12-,15-/m0/s1. The molecule has 1 N–H and O–H groups in total. The van der Waals surface area contributed by atoms with Gasteiger partial charge in [-0.3, -0.25) is 4.79 Å². The molecule has 0 aliphatic carbocycles. The van der Waals surface area contributed by atoms with Gasteiger partial charge < -0.3 is 10.2 Å². The number of carbonyl (C=O) groups is 1. The molecular formula is C17H20N4O. The van der Waals surface area contributed by atoms with E-state index in [1.807, 2.05) is 29.2 Å². The number of benzene rings is 1. The Morgan fingerprint density at radius 3 is 2.73 bits per heavy atom. The number of para-hydroxylation sites is 1. The van der Waals surface area contributed by atoms with Crippen LogP contribution in [0.5, 0.6) is 0 Å². The third-order valence-electron chi connectivity index (χ3n) is 4.21. The summed E-state index contributed by atoms with van der Waals surface area (Å²) in [5.41, 5.74) is 1.95. The fraction of sp³-hybridized carbons (Fsp3) is 0.353. The molecule has 0 radical (unpaired) electrons. The van der Waals surface area contributed by atoms with Crippen LogP contribution < -0.4 is 10.2 Å². The van der Waals surface area contributed by atoms with E-state index in [0.29, 0.717) is 12.5 Å². The van der Waals surface area contributed by atoms with Crippen LogP contribution in [0.4, 0.5) is 11.6 Å². The van der Waals surface area contributed by atoms with E-state index >= 15 is 0 Å². The molecule has 0 spiro atoms. The first-order chi connectivity index (χ1) is 10.7. The van der Waals surface area contributed by atoms with Crippen LogP contribution in [-0.4, -0.2) is 21.9 Å². The molecule has 3 rings (SSSR count). The minimum absolute atomic E-state index is 0.00625. The Morgan fingerprint density at radius 1 is 1.27 bits per heavy atom. The summed E-state index contributed by atoms with van der Waals surface area (Å²) in [6, 6.07) is 9.40. The molecule has 114 valence electrons. The number of nitrogens with one attached hydrogen (secondary N) is 1. The number of amides is 1. The van der Waals surface area contributed by atoms with Gasteiger partial charge in [0.15, 0.2) is 0 Å². The number of rotatable bonds is 3. The van der Waals surface area contributed by atoms with Gasteiger partial charge in [-0.05, 0) is 23.6 Å². The van der Waals surface area contributed by atoms with E-state index in [1.54, 1.807) is 18.5 Å². The highest BCUT2D eigenvalue weighted by Crippen LogP contribution is 2.29. The second kappa shape index (κ2) is 6.13. The van der Waals surface area contributed by atoms with Crippen LogP contribution in [0.2, 0.25) is 0 Å². The first-order valence-corrected chi connectivity index (χ1v) is 7.63. The quantitative estimate of drug-likeness (QED) is 0.946. The van der Waals surface area contributed by atoms with Gasteiger partial charge in [0, 0.05) is 24.6 Å². The Bertz CT molecular complexity index is 659. The number of hydrogen-bond acceptors (Lipinski definition) is 4. The van der Waals surface area contributed by atoms with Gasteiger partial charge in [0.05, 0.1) is 0 Å². The Balaban J connectivity index is 2.07. The molecule has 1 aliphatic rings. The highest BCUT2D eigenvalue weighted by molar-refractivity contribution is 5.98. The normalized spacial score (nSPS) is 19.1. The highest BCUT2D eigenvalue weighted by Gasteiger charge is 2.35. The van der Waals surface area contributed by atoms with Gasteiger partial charge in [-0.1, -0.05) is 38.5 Å². The van der Waals surface area contributed by atoms with Crippen molar-refractivity contribution in [3.8, 4) is 0 Å². The van der Waals surface area contributed by atoms with Gasteiger partial charge >= 0.3 is 0 Å². The smallest absolute Gasteiger partial charge is 0.247 e. The third kappa shape index (κ3) is 2.66. The van der Waals surface area contributed by atoms with Crippen LogP contribution >= 0.6 is 0 Å². The molecule has 1 aliphatic heterocycles. The van der Waals surface area contributed by atoms with Crippen molar-refractivity contribution in [1.29, 1.82) is 0 Å². The monoisotopic (exact) mass is 296 g/mol. The average molecular weight is 296 g/mol. The van der Waals surface area contributed by atoms with E-state index < -0.39 is 0 Å². The van der Waals surface area contributed by atoms with E-state index in [9.17, 15) is 4.79 Å². The average Bonchev–Trinajstić information content (AvgIpc) is 2.70. The largest absolute Gasteiger partial charge is 0.324 e. The van der Waals surface area contributed by atoms with Gasteiger partial charge in [0.25, 0.3) is 0 Å².